The van der Waals surface area contributed by atoms with Crippen LogP contribution >= 0.6 is 0 Å². The van der Waals surface area contributed by atoms with E-state index in [1.165, 1.54) is 34.2 Å². The zero-order valence-corrected chi connectivity index (χ0v) is 27.9. The summed E-state index contributed by atoms with van der Waals surface area (Å²) < 4.78 is 51.5. The minimum atomic E-state index is -1.51. The molecule has 2 aliphatic rings. The first-order valence-corrected chi connectivity index (χ1v) is 17.0. The van der Waals surface area contributed by atoms with E-state index < -0.39 is 23.5 Å². The fraction of sp³-hybridized carbons (Fsp3) is 0.389. The Labute approximate surface area is 288 Å². The molecule has 2 unspecified atom stereocenters. The summed E-state index contributed by atoms with van der Waals surface area (Å²) in [5.74, 6) is -2.29. The topological polar surface area (TPSA) is 105 Å². The number of ether oxygens (including phenoxy) is 3. The van der Waals surface area contributed by atoms with Gasteiger partial charge in [-0.1, -0.05) is 19.8 Å². The van der Waals surface area contributed by atoms with Crippen molar-refractivity contribution in [2.24, 2.45) is 0 Å². The fourth-order valence-corrected chi connectivity index (χ4v) is 6.45. The van der Waals surface area contributed by atoms with E-state index in [-0.39, 0.29) is 31.0 Å². The Balaban J connectivity index is 0.912. The summed E-state index contributed by atoms with van der Waals surface area (Å²) in [4.78, 5) is 21.4. The first-order valence-electron chi connectivity index (χ1n) is 17.0. The molecule has 5 aromatic rings. The minimum Gasteiger partial charge on any atom is -0.491 e. The summed E-state index contributed by atoms with van der Waals surface area (Å²) in [6.45, 7) is 6.56. The van der Waals surface area contributed by atoms with Gasteiger partial charge in [-0.05, 0) is 67.1 Å². The number of rotatable bonds is 13. The number of hydrogen-bond acceptors (Lipinski definition) is 9. The molecule has 4 heterocycles. The predicted octanol–water partition coefficient (Wildman–Crippen LogP) is 4.77. The van der Waals surface area contributed by atoms with Crippen molar-refractivity contribution in [2.45, 2.75) is 51.2 Å². The van der Waals surface area contributed by atoms with Crippen LogP contribution in [0.15, 0.2) is 90.5 Å². The Hall–Kier alpha value is -5.08. The lowest BCUT2D eigenvalue weighted by Crippen LogP contribution is -2.46. The summed E-state index contributed by atoms with van der Waals surface area (Å²) >= 11 is 0. The number of benzene rings is 3. The molecular formula is C36H40F2N8O4. The molecule has 2 aromatic heterocycles. The Morgan fingerprint density at radius 3 is 2.24 bits per heavy atom. The van der Waals surface area contributed by atoms with Crippen LogP contribution in [0.25, 0.3) is 5.69 Å². The van der Waals surface area contributed by atoms with Gasteiger partial charge in [-0.15, -0.1) is 0 Å². The lowest BCUT2D eigenvalue weighted by atomic mass is 10.0. The zero-order chi connectivity index (χ0) is 34.5. The molecule has 0 saturated carbocycles. The van der Waals surface area contributed by atoms with Gasteiger partial charge in [0.15, 0.2) is 0 Å². The molecule has 2 saturated heterocycles. The van der Waals surface area contributed by atoms with E-state index in [1.54, 1.807) is 10.9 Å². The highest BCUT2D eigenvalue weighted by Gasteiger charge is 2.46. The van der Waals surface area contributed by atoms with Gasteiger partial charge in [0, 0.05) is 55.7 Å². The third kappa shape index (κ3) is 7.26. The van der Waals surface area contributed by atoms with Gasteiger partial charge in [0.05, 0.1) is 12.3 Å². The van der Waals surface area contributed by atoms with Gasteiger partial charge < -0.3 is 24.0 Å². The Kier molecular flexibility index (Phi) is 9.90. The van der Waals surface area contributed by atoms with Crippen molar-refractivity contribution in [3.63, 3.8) is 0 Å². The van der Waals surface area contributed by atoms with Crippen LogP contribution in [0.1, 0.15) is 31.7 Å². The normalized spacial score (nSPS) is 19.3. The van der Waals surface area contributed by atoms with Gasteiger partial charge in [0.25, 0.3) is 0 Å². The van der Waals surface area contributed by atoms with Gasteiger partial charge in [0.2, 0.25) is 5.79 Å². The van der Waals surface area contributed by atoms with Gasteiger partial charge >= 0.3 is 5.69 Å². The molecule has 0 spiro atoms. The van der Waals surface area contributed by atoms with Gasteiger partial charge in [-0.3, -0.25) is 0 Å². The molecule has 3 aromatic carbocycles. The van der Waals surface area contributed by atoms with Crippen LogP contribution in [0.2, 0.25) is 0 Å². The molecule has 12 nitrogen and oxygen atoms in total. The van der Waals surface area contributed by atoms with Crippen LogP contribution in [0.4, 0.5) is 20.2 Å². The molecule has 14 heteroatoms. The molecular weight excluding hydrogens is 646 g/mol. The van der Waals surface area contributed by atoms with Crippen molar-refractivity contribution in [1.29, 1.82) is 0 Å². The van der Waals surface area contributed by atoms with Crippen LogP contribution in [-0.4, -0.2) is 74.6 Å². The molecule has 2 aliphatic heterocycles. The molecule has 0 amide bonds. The highest BCUT2D eigenvalue weighted by atomic mass is 19.1. The fourth-order valence-electron chi connectivity index (χ4n) is 6.45. The van der Waals surface area contributed by atoms with Crippen molar-refractivity contribution < 1.29 is 23.0 Å². The number of aromatic nitrogens is 6. The zero-order valence-electron chi connectivity index (χ0n) is 27.9. The van der Waals surface area contributed by atoms with Crippen molar-refractivity contribution in [3.05, 3.63) is 113 Å². The summed E-state index contributed by atoms with van der Waals surface area (Å²) in [6.07, 6.45) is 7.07. The second kappa shape index (κ2) is 14.8. The second-order valence-corrected chi connectivity index (χ2v) is 12.5. The number of hydrogen-bond donors (Lipinski definition) is 0. The molecule has 262 valence electrons. The lowest BCUT2D eigenvalue weighted by Gasteiger charge is -2.37. The minimum absolute atomic E-state index is 0.0341. The van der Waals surface area contributed by atoms with Crippen LogP contribution in [0.5, 0.6) is 5.75 Å². The monoisotopic (exact) mass is 686 g/mol. The quantitative estimate of drug-likeness (QED) is 0.162. The highest BCUT2D eigenvalue weighted by Crippen LogP contribution is 2.38. The van der Waals surface area contributed by atoms with Gasteiger partial charge in [-0.2, -0.15) is 10.2 Å². The van der Waals surface area contributed by atoms with E-state index >= 15 is 0 Å². The van der Waals surface area contributed by atoms with Crippen LogP contribution in [0, 0.1) is 11.6 Å². The molecule has 2 fully saturated rings. The number of anilines is 2. The van der Waals surface area contributed by atoms with Crippen LogP contribution < -0.4 is 20.2 Å². The molecule has 0 radical (unpaired) electrons. The molecule has 50 heavy (non-hydrogen) atoms. The average Bonchev–Trinajstić information content (AvgIpc) is 3.89. The number of aryl methyl sites for hydroxylation is 1. The van der Waals surface area contributed by atoms with Gasteiger partial charge in [-0.25, -0.2) is 32.5 Å². The first kappa shape index (κ1) is 33.4. The van der Waals surface area contributed by atoms with E-state index in [2.05, 4.69) is 44.0 Å². The van der Waals surface area contributed by atoms with E-state index in [0.29, 0.717) is 12.3 Å². The maximum Gasteiger partial charge on any atom is 0.350 e. The largest absolute Gasteiger partial charge is 0.491 e. The Bertz CT molecular complexity index is 1910. The molecule has 0 bridgehead atoms. The van der Waals surface area contributed by atoms with E-state index in [1.807, 2.05) is 36.4 Å². The first-order chi connectivity index (χ1) is 24.4. The van der Waals surface area contributed by atoms with E-state index in [9.17, 15) is 13.6 Å². The second-order valence-electron chi connectivity index (χ2n) is 12.5. The SMILES string of the molecule is CCCCCn1ncn(-c2ccc(N3CCN(c4ccc(OCC5COC(Cn6cncn6)(c6ccc(F)cc6F)O5)cc4)CC3)cc2)c1=O. The van der Waals surface area contributed by atoms with Gasteiger partial charge in [0.1, 0.15) is 55.6 Å². The molecule has 7 rings (SSSR count). The predicted molar refractivity (Wildman–Crippen MR) is 183 cm³/mol. The highest BCUT2D eigenvalue weighted by molar-refractivity contribution is 5.54. The summed E-state index contributed by atoms with van der Waals surface area (Å²) in [7, 11) is 0. The Morgan fingerprint density at radius 2 is 1.58 bits per heavy atom. The standard InChI is InChI=1S/C36H40F2N8O4/c1-2-3-4-15-46-35(47)45(26-41-46)30-8-6-28(7-9-30)42-16-18-43(19-17-42)29-10-12-31(13-11-29)48-21-32-22-49-36(50-32,23-44-25-39-24-40-44)33-14-5-27(37)20-34(33)38/h5-14,20,24-26,32H,2-4,15-19,21-23H2,1H3. The molecule has 0 N–H and O–H groups in total. The average molecular weight is 687 g/mol. The lowest BCUT2D eigenvalue weighted by molar-refractivity contribution is -0.192. The van der Waals surface area contributed by atoms with Crippen molar-refractivity contribution >= 4 is 11.4 Å². The van der Waals surface area contributed by atoms with Crippen molar-refractivity contribution in [2.75, 3.05) is 49.2 Å². The molecule has 2 atom stereocenters. The number of nitrogens with zero attached hydrogens (tertiary/aromatic N) is 8. The number of unbranched alkanes of at least 4 members (excludes halogenated alkanes) is 2. The third-order valence-corrected chi connectivity index (χ3v) is 9.15. The summed E-state index contributed by atoms with van der Waals surface area (Å²) in [6, 6.07) is 19.3. The number of piperazine rings is 1. The number of halogens is 2. The molecule has 0 aliphatic carbocycles. The summed E-state index contributed by atoms with van der Waals surface area (Å²) in [5.41, 5.74) is 2.99. The van der Waals surface area contributed by atoms with Crippen LogP contribution in [0.3, 0.4) is 0 Å². The van der Waals surface area contributed by atoms with Crippen molar-refractivity contribution in [3.8, 4) is 11.4 Å². The van der Waals surface area contributed by atoms with Crippen molar-refractivity contribution in [1.82, 2.24) is 29.1 Å². The van der Waals surface area contributed by atoms with Crippen LogP contribution in [-0.2, 0) is 28.4 Å². The smallest absolute Gasteiger partial charge is 0.350 e. The maximum atomic E-state index is 14.9. The van der Waals surface area contributed by atoms with E-state index in [0.717, 1.165) is 68.6 Å². The van der Waals surface area contributed by atoms with E-state index in [4.69, 9.17) is 14.2 Å². The third-order valence-electron chi connectivity index (χ3n) is 9.15. The Morgan fingerprint density at radius 1 is 0.880 bits per heavy atom. The maximum absolute atomic E-state index is 14.9. The summed E-state index contributed by atoms with van der Waals surface area (Å²) in [5, 5.41) is 8.39.